The summed E-state index contributed by atoms with van der Waals surface area (Å²) in [6.45, 7) is -0.260. The second-order valence-corrected chi connectivity index (χ2v) is 11.0. The van der Waals surface area contributed by atoms with Gasteiger partial charge in [-0.2, -0.15) is 4.72 Å². The second-order valence-electron chi connectivity index (χ2n) is 9.29. The molecule has 2 N–H and O–H groups in total. The lowest BCUT2D eigenvalue weighted by Gasteiger charge is -2.22. The smallest absolute Gasteiger partial charge is 0.324 e. The van der Waals surface area contributed by atoms with Crippen LogP contribution in [0.2, 0.25) is 0 Å². The van der Waals surface area contributed by atoms with Gasteiger partial charge in [-0.25, -0.2) is 17.2 Å². The number of carbonyl (C=O) groups excluding carboxylic acids is 2. The van der Waals surface area contributed by atoms with Gasteiger partial charge in [0, 0.05) is 11.6 Å². The van der Waals surface area contributed by atoms with Gasteiger partial charge in [0.25, 0.3) is 5.91 Å². The average molecular weight is 579 g/mol. The van der Waals surface area contributed by atoms with Gasteiger partial charge in [-0.1, -0.05) is 78.9 Å². The van der Waals surface area contributed by atoms with Crippen LogP contribution in [0.15, 0.2) is 114 Å². The van der Waals surface area contributed by atoms with Crippen molar-refractivity contribution in [3.8, 4) is 0 Å². The first-order chi connectivity index (χ1) is 19.7. The van der Waals surface area contributed by atoms with Gasteiger partial charge in [0.05, 0.1) is 6.04 Å². The Bertz CT molecular complexity index is 1570. The Labute approximate surface area is 237 Å². The van der Waals surface area contributed by atoms with Gasteiger partial charge >= 0.3 is 5.97 Å². The second kappa shape index (κ2) is 13.8. The SMILES string of the molecule is O=C(NC(COC(=O)C(Cc1ccccc1)NS(=O)(=O)c1ccc(F)cc1F)Cc1ccccc1)c1ccccc1. The molecule has 0 aliphatic carbocycles. The van der Waals surface area contributed by atoms with Crippen LogP contribution in [-0.4, -0.2) is 39.0 Å². The molecule has 4 aromatic rings. The summed E-state index contributed by atoms with van der Waals surface area (Å²) in [6, 6.07) is 26.4. The lowest BCUT2D eigenvalue weighted by Crippen LogP contribution is -2.46. The highest BCUT2D eigenvalue weighted by molar-refractivity contribution is 7.89. The van der Waals surface area contributed by atoms with Crippen molar-refractivity contribution in [1.82, 2.24) is 10.0 Å². The van der Waals surface area contributed by atoms with E-state index in [9.17, 15) is 26.8 Å². The summed E-state index contributed by atoms with van der Waals surface area (Å²) in [5.41, 5.74) is 1.93. The van der Waals surface area contributed by atoms with Gasteiger partial charge in [0.1, 0.15) is 29.2 Å². The van der Waals surface area contributed by atoms with E-state index >= 15 is 0 Å². The predicted octanol–water partition coefficient (Wildman–Crippen LogP) is 4.44. The minimum Gasteiger partial charge on any atom is -0.462 e. The summed E-state index contributed by atoms with van der Waals surface area (Å²) in [5.74, 6) is -3.53. The first kappa shape index (κ1) is 29.6. The molecule has 10 heteroatoms. The topological polar surface area (TPSA) is 102 Å². The fraction of sp³-hybridized carbons (Fsp3) is 0.161. The standard InChI is InChI=1S/C31H28F2N2O5S/c32-25-16-17-29(27(33)20-25)41(38,39)35-28(19-23-12-6-2-7-13-23)31(37)40-21-26(18-22-10-4-1-5-11-22)34-30(36)24-14-8-3-9-15-24/h1-17,20,26,28,35H,18-19,21H2,(H,34,36). The zero-order valence-corrected chi connectivity index (χ0v) is 22.7. The number of halogens is 2. The highest BCUT2D eigenvalue weighted by Crippen LogP contribution is 2.17. The predicted molar refractivity (Wildman–Crippen MR) is 149 cm³/mol. The number of hydrogen-bond acceptors (Lipinski definition) is 5. The monoisotopic (exact) mass is 578 g/mol. The molecule has 0 fully saturated rings. The largest absolute Gasteiger partial charge is 0.462 e. The van der Waals surface area contributed by atoms with Gasteiger partial charge in [0.2, 0.25) is 10.0 Å². The fourth-order valence-corrected chi connectivity index (χ4v) is 5.40. The highest BCUT2D eigenvalue weighted by atomic mass is 32.2. The normalized spacial score (nSPS) is 12.7. The number of ether oxygens (including phenoxy) is 1. The van der Waals surface area contributed by atoms with Crippen LogP contribution < -0.4 is 10.0 Å². The molecule has 41 heavy (non-hydrogen) atoms. The molecule has 0 aliphatic heterocycles. The van der Waals surface area contributed by atoms with Gasteiger partial charge in [-0.15, -0.1) is 0 Å². The number of benzene rings is 4. The Morgan fingerprint density at radius 1 is 0.756 bits per heavy atom. The average Bonchev–Trinajstić information content (AvgIpc) is 2.96. The zero-order chi connectivity index (χ0) is 29.2. The molecule has 0 heterocycles. The minimum atomic E-state index is -4.58. The lowest BCUT2D eigenvalue weighted by molar-refractivity contribution is -0.146. The number of esters is 1. The molecule has 0 bridgehead atoms. The Morgan fingerprint density at radius 3 is 1.90 bits per heavy atom. The van der Waals surface area contributed by atoms with Crippen LogP contribution in [0.1, 0.15) is 21.5 Å². The molecule has 2 atom stereocenters. The first-order valence-electron chi connectivity index (χ1n) is 12.8. The highest BCUT2D eigenvalue weighted by Gasteiger charge is 2.30. The Hall–Kier alpha value is -4.41. The molecule has 4 aromatic carbocycles. The van der Waals surface area contributed by atoms with E-state index in [2.05, 4.69) is 10.0 Å². The van der Waals surface area contributed by atoms with Crippen LogP contribution in [0.4, 0.5) is 8.78 Å². The number of nitrogens with one attached hydrogen (secondary N) is 2. The van der Waals surface area contributed by atoms with Gasteiger partial charge < -0.3 is 10.1 Å². The molecule has 2 unspecified atom stereocenters. The summed E-state index contributed by atoms with van der Waals surface area (Å²) in [7, 11) is -4.58. The molecule has 0 saturated carbocycles. The zero-order valence-electron chi connectivity index (χ0n) is 21.9. The maximum Gasteiger partial charge on any atom is 0.324 e. The molecule has 0 aliphatic rings. The molecule has 1 amide bonds. The van der Waals surface area contributed by atoms with E-state index in [1.807, 2.05) is 30.3 Å². The maximum atomic E-state index is 14.3. The van der Waals surface area contributed by atoms with Crippen molar-refractivity contribution in [2.24, 2.45) is 0 Å². The van der Waals surface area contributed by atoms with Gasteiger partial charge in [-0.3, -0.25) is 9.59 Å². The van der Waals surface area contributed by atoms with E-state index in [1.165, 1.54) is 0 Å². The van der Waals surface area contributed by atoms with E-state index < -0.39 is 44.6 Å². The number of carbonyl (C=O) groups is 2. The maximum absolute atomic E-state index is 14.3. The van der Waals surface area contributed by atoms with Crippen molar-refractivity contribution in [3.63, 3.8) is 0 Å². The molecular formula is C31H28F2N2O5S. The summed E-state index contributed by atoms with van der Waals surface area (Å²) in [4.78, 5) is 25.3. The van der Waals surface area contributed by atoms with Crippen molar-refractivity contribution in [2.45, 2.75) is 29.8 Å². The third kappa shape index (κ3) is 8.54. The van der Waals surface area contributed by atoms with Crippen LogP contribution in [0.3, 0.4) is 0 Å². The molecular weight excluding hydrogens is 550 g/mol. The first-order valence-corrected chi connectivity index (χ1v) is 14.3. The van der Waals surface area contributed by atoms with Crippen LogP contribution in [0.5, 0.6) is 0 Å². The fourth-order valence-electron chi connectivity index (χ4n) is 4.16. The van der Waals surface area contributed by atoms with E-state index in [4.69, 9.17) is 4.74 Å². The van der Waals surface area contributed by atoms with E-state index in [1.54, 1.807) is 60.7 Å². The van der Waals surface area contributed by atoms with Crippen molar-refractivity contribution in [2.75, 3.05) is 6.61 Å². The molecule has 0 spiro atoms. The molecule has 4 rings (SSSR count). The van der Waals surface area contributed by atoms with Crippen molar-refractivity contribution in [1.29, 1.82) is 0 Å². The van der Waals surface area contributed by atoms with Crippen LogP contribution in [-0.2, 0) is 32.4 Å². The Kier molecular flexibility index (Phi) is 9.94. The molecule has 0 saturated heterocycles. The Morgan fingerprint density at radius 2 is 1.32 bits per heavy atom. The molecule has 7 nitrogen and oxygen atoms in total. The number of hydrogen-bond donors (Lipinski definition) is 2. The van der Waals surface area contributed by atoms with Crippen LogP contribution >= 0.6 is 0 Å². The van der Waals surface area contributed by atoms with Crippen LogP contribution in [0, 0.1) is 11.6 Å². The van der Waals surface area contributed by atoms with Crippen molar-refractivity contribution < 1.29 is 31.5 Å². The Balaban J connectivity index is 1.53. The van der Waals surface area contributed by atoms with E-state index in [0.717, 1.165) is 17.7 Å². The van der Waals surface area contributed by atoms with E-state index in [0.29, 0.717) is 23.6 Å². The van der Waals surface area contributed by atoms with Crippen molar-refractivity contribution in [3.05, 3.63) is 138 Å². The third-order valence-electron chi connectivity index (χ3n) is 6.17. The summed E-state index contributed by atoms with van der Waals surface area (Å²) in [6.07, 6.45) is 0.240. The molecule has 0 radical (unpaired) electrons. The summed E-state index contributed by atoms with van der Waals surface area (Å²) in [5, 5.41) is 2.87. The molecule has 0 aromatic heterocycles. The van der Waals surface area contributed by atoms with Gasteiger partial charge in [-0.05, 0) is 48.2 Å². The van der Waals surface area contributed by atoms with Gasteiger partial charge in [0.15, 0.2) is 0 Å². The lowest BCUT2D eigenvalue weighted by atomic mass is 10.1. The number of sulfonamides is 1. The van der Waals surface area contributed by atoms with Crippen molar-refractivity contribution >= 4 is 21.9 Å². The van der Waals surface area contributed by atoms with E-state index in [-0.39, 0.29) is 18.9 Å². The summed E-state index contributed by atoms with van der Waals surface area (Å²) < 4.78 is 61.5. The minimum absolute atomic E-state index is 0.0958. The summed E-state index contributed by atoms with van der Waals surface area (Å²) >= 11 is 0. The third-order valence-corrected chi connectivity index (χ3v) is 7.68. The molecule has 212 valence electrons. The number of amides is 1. The number of rotatable bonds is 12. The van der Waals surface area contributed by atoms with Crippen LogP contribution in [0.25, 0.3) is 0 Å². The quantitative estimate of drug-likeness (QED) is 0.242.